The Bertz CT molecular complexity index is 385. The SMILES string of the molecule is COC(=O)C(C)(C/C=C(/C)CCC=C(C)C)C(=O)OC. The van der Waals surface area contributed by atoms with Gasteiger partial charge in [-0.25, -0.2) is 0 Å². The van der Waals surface area contributed by atoms with E-state index in [4.69, 9.17) is 9.47 Å². The number of methoxy groups -OCH3 is 2. The number of esters is 2. The standard InChI is InChI=1S/C16H26O4/c1-12(2)8-7-9-13(3)10-11-16(4,14(17)19-5)15(18)20-6/h8,10H,7,9,11H2,1-6H3/b13-10-. The molecule has 0 aromatic heterocycles. The molecule has 0 N–H and O–H groups in total. The van der Waals surface area contributed by atoms with E-state index in [1.54, 1.807) is 6.92 Å². The van der Waals surface area contributed by atoms with E-state index in [-0.39, 0.29) is 6.42 Å². The van der Waals surface area contributed by atoms with Gasteiger partial charge in [0, 0.05) is 0 Å². The quantitative estimate of drug-likeness (QED) is 0.408. The highest BCUT2D eigenvalue weighted by Crippen LogP contribution is 2.27. The minimum absolute atomic E-state index is 0.285. The fraction of sp³-hybridized carbons (Fsp3) is 0.625. The number of carbonyl (C=O) groups excluding carboxylic acids is 2. The van der Waals surface area contributed by atoms with Crippen molar-refractivity contribution in [1.82, 2.24) is 0 Å². The number of ether oxygens (including phenoxy) is 2. The summed E-state index contributed by atoms with van der Waals surface area (Å²) in [6, 6.07) is 0. The minimum atomic E-state index is -1.28. The molecule has 0 amide bonds. The Morgan fingerprint density at radius 2 is 1.50 bits per heavy atom. The summed E-state index contributed by atoms with van der Waals surface area (Å²) in [4.78, 5) is 23.6. The van der Waals surface area contributed by atoms with E-state index in [9.17, 15) is 9.59 Å². The van der Waals surface area contributed by atoms with Gasteiger partial charge in [0.2, 0.25) is 0 Å². The molecule has 0 spiro atoms. The van der Waals surface area contributed by atoms with Crippen molar-refractivity contribution in [3.05, 3.63) is 23.3 Å². The van der Waals surface area contributed by atoms with Crippen LogP contribution >= 0.6 is 0 Å². The second-order valence-corrected chi connectivity index (χ2v) is 5.39. The third-order valence-corrected chi connectivity index (χ3v) is 3.22. The fourth-order valence-corrected chi connectivity index (χ4v) is 1.77. The highest BCUT2D eigenvalue weighted by Gasteiger charge is 2.42. The fourth-order valence-electron chi connectivity index (χ4n) is 1.77. The highest BCUT2D eigenvalue weighted by molar-refractivity contribution is 5.99. The van der Waals surface area contributed by atoms with E-state index in [1.807, 2.05) is 13.0 Å². The van der Waals surface area contributed by atoms with Crippen molar-refractivity contribution in [3.8, 4) is 0 Å². The maximum absolute atomic E-state index is 11.8. The molecule has 0 atom stereocenters. The average Bonchev–Trinajstić information content (AvgIpc) is 2.42. The van der Waals surface area contributed by atoms with E-state index in [0.717, 1.165) is 18.4 Å². The molecule has 0 aliphatic carbocycles. The largest absolute Gasteiger partial charge is 0.468 e. The molecule has 4 nitrogen and oxygen atoms in total. The van der Waals surface area contributed by atoms with E-state index in [1.165, 1.54) is 19.8 Å². The molecule has 4 heteroatoms. The molecule has 0 aromatic carbocycles. The van der Waals surface area contributed by atoms with Crippen molar-refractivity contribution in [2.75, 3.05) is 14.2 Å². The molecule has 0 saturated carbocycles. The predicted octanol–water partition coefficient (Wildman–Crippen LogP) is 3.42. The van der Waals surface area contributed by atoms with Crippen molar-refractivity contribution in [2.45, 2.75) is 47.0 Å². The van der Waals surface area contributed by atoms with Gasteiger partial charge in [0.15, 0.2) is 5.41 Å². The number of hydrogen-bond acceptors (Lipinski definition) is 4. The lowest BCUT2D eigenvalue weighted by Gasteiger charge is -2.22. The van der Waals surface area contributed by atoms with E-state index in [0.29, 0.717) is 0 Å². The van der Waals surface area contributed by atoms with Gasteiger partial charge in [-0.2, -0.15) is 0 Å². The van der Waals surface area contributed by atoms with Crippen LogP contribution in [0.3, 0.4) is 0 Å². The summed E-state index contributed by atoms with van der Waals surface area (Å²) in [5.41, 5.74) is 1.15. The summed E-state index contributed by atoms with van der Waals surface area (Å²) in [6.07, 6.45) is 6.22. The summed E-state index contributed by atoms with van der Waals surface area (Å²) < 4.78 is 9.41. The minimum Gasteiger partial charge on any atom is -0.468 e. The lowest BCUT2D eigenvalue weighted by atomic mass is 9.86. The molecule has 0 unspecified atom stereocenters. The topological polar surface area (TPSA) is 52.6 Å². The molecule has 0 radical (unpaired) electrons. The molecule has 0 aliphatic rings. The summed E-state index contributed by atoms with van der Waals surface area (Å²) in [7, 11) is 2.55. The van der Waals surface area contributed by atoms with Gasteiger partial charge < -0.3 is 9.47 Å². The number of carbonyl (C=O) groups is 2. The van der Waals surface area contributed by atoms with Crippen LogP contribution in [-0.2, 0) is 19.1 Å². The Balaban J connectivity index is 4.80. The summed E-state index contributed by atoms with van der Waals surface area (Å²) >= 11 is 0. The Morgan fingerprint density at radius 3 is 1.90 bits per heavy atom. The van der Waals surface area contributed by atoms with E-state index < -0.39 is 17.4 Å². The average molecular weight is 282 g/mol. The monoisotopic (exact) mass is 282 g/mol. The van der Waals surface area contributed by atoms with Crippen molar-refractivity contribution in [2.24, 2.45) is 5.41 Å². The Hall–Kier alpha value is -1.58. The van der Waals surface area contributed by atoms with Crippen LogP contribution in [0.15, 0.2) is 23.3 Å². The number of rotatable bonds is 7. The Morgan fingerprint density at radius 1 is 1.00 bits per heavy atom. The zero-order valence-electron chi connectivity index (χ0n) is 13.4. The van der Waals surface area contributed by atoms with Crippen molar-refractivity contribution >= 4 is 11.9 Å². The highest BCUT2D eigenvalue weighted by atomic mass is 16.5. The van der Waals surface area contributed by atoms with Gasteiger partial charge in [-0.1, -0.05) is 23.3 Å². The van der Waals surface area contributed by atoms with E-state index in [2.05, 4.69) is 19.9 Å². The predicted molar refractivity (Wildman–Crippen MR) is 79.2 cm³/mol. The first-order valence-corrected chi connectivity index (χ1v) is 6.73. The van der Waals surface area contributed by atoms with Gasteiger partial charge in [-0.3, -0.25) is 9.59 Å². The second-order valence-electron chi connectivity index (χ2n) is 5.39. The van der Waals surface area contributed by atoms with Crippen molar-refractivity contribution in [1.29, 1.82) is 0 Å². The smallest absolute Gasteiger partial charge is 0.323 e. The third-order valence-electron chi connectivity index (χ3n) is 3.22. The third kappa shape index (κ3) is 5.59. The number of hydrogen-bond donors (Lipinski definition) is 0. The first-order chi connectivity index (χ1) is 9.27. The molecule has 20 heavy (non-hydrogen) atoms. The van der Waals surface area contributed by atoms with E-state index >= 15 is 0 Å². The maximum Gasteiger partial charge on any atom is 0.323 e. The zero-order chi connectivity index (χ0) is 15.8. The van der Waals surface area contributed by atoms with Crippen molar-refractivity contribution in [3.63, 3.8) is 0 Å². The first kappa shape index (κ1) is 18.4. The normalized spacial score (nSPS) is 11.8. The molecule has 0 heterocycles. The molecule has 0 aliphatic heterocycles. The molecule has 0 fully saturated rings. The number of allylic oxidation sites excluding steroid dienone is 4. The molecule has 0 bridgehead atoms. The Labute approximate surface area is 121 Å². The Kier molecular flexibility index (Phi) is 7.89. The van der Waals surface area contributed by atoms with Crippen LogP contribution < -0.4 is 0 Å². The molecular formula is C16H26O4. The maximum atomic E-state index is 11.8. The van der Waals surface area contributed by atoms with Crippen LogP contribution in [0.25, 0.3) is 0 Å². The van der Waals surface area contributed by atoms with Crippen LogP contribution in [0.4, 0.5) is 0 Å². The molecule has 0 aromatic rings. The van der Waals surface area contributed by atoms with Gasteiger partial charge in [-0.05, 0) is 47.0 Å². The van der Waals surface area contributed by atoms with Gasteiger partial charge in [-0.15, -0.1) is 0 Å². The van der Waals surface area contributed by atoms with Crippen LogP contribution in [0.2, 0.25) is 0 Å². The second kappa shape index (κ2) is 8.56. The lowest BCUT2D eigenvalue weighted by Crippen LogP contribution is -2.38. The molecule has 0 rings (SSSR count). The van der Waals surface area contributed by atoms with Crippen LogP contribution in [0, 0.1) is 5.41 Å². The zero-order valence-corrected chi connectivity index (χ0v) is 13.4. The molecule has 114 valence electrons. The van der Waals surface area contributed by atoms with Crippen LogP contribution in [-0.4, -0.2) is 26.2 Å². The summed E-state index contributed by atoms with van der Waals surface area (Å²) in [5, 5.41) is 0. The van der Waals surface area contributed by atoms with Crippen LogP contribution in [0.5, 0.6) is 0 Å². The van der Waals surface area contributed by atoms with Crippen molar-refractivity contribution < 1.29 is 19.1 Å². The van der Waals surface area contributed by atoms with Gasteiger partial charge >= 0.3 is 11.9 Å². The van der Waals surface area contributed by atoms with Crippen LogP contribution in [0.1, 0.15) is 47.0 Å². The first-order valence-electron chi connectivity index (χ1n) is 6.73. The molecule has 0 saturated heterocycles. The van der Waals surface area contributed by atoms with Gasteiger partial charge in [0.1, 0.15) is 0 Å². The summed E-state index contributed by atoms with van der Waals surface area (Å²) in [5.74, 6) is -1.14. The lowest BCUT2D eigenvalue weighted by molar-refractivity contribution is -0.167. The molecular weight excluding hydrogens is 256 g/mol. The van der Waals surface area contributed by atoms with Gasteiger partial charge in [0.05, 0.1) is 14.2 Å². The van der Waals surface area contributed by atoms with Gasteiger partial charge in [0.25, 0.3) is 0 Å². The summed E-state index contributed by atoms with van der Waals surface area (Å²) in [6.45, 7) is 7.66.